The number of hydrogen-bond donors (Lipinski definition) is 3. The Labute approximate surface area is 151 Å². The van der Waals surface area contributed by atoms with Crippen molar-refractivity contribution in [2.24, 2.45) is 5.14 Å². The maximum absolute atomic E-state index is 11.3. The summed E-state index contributed by atoms with van der Waals surface area (Å²) < 4.78 is 22.5. The summed E-state index contributed by atoms with van der Waals surface area (Å²) >= 11 is 0. The zero-order valence-corrected chi connectivity index (χ0v) is 14.9. The molecule has 10 heteroatoms. The Morgan fingerprint density at radius 2 is 1.84 bits per heavy atom. The van der Waals surface area contributed by atoms with E-state index in [2.05, 4.69) is 20.3 Å². The van der Waals surface area contributed by atoms with Crippen LogP contribution in [0.3, 0.4) is 0 Å². The number of sulfonamides is 1. The average Bonchev–Trinajstić information content (AvgIpc) is 2.51. The van der Waals surface area contributed by atoms with Crippen molar-refractivity contribution in [3.8, 4) is 0 Å². The van der Waals surface area contributed by atoms with Gasteiger partial charge in [0.2, 0.25) is 10.0 Å². The van der Waals surface area contributed by atoms with Crippen LogP contribution in [0.25, 0.3) is 11.2 Å². The van der Waals surface area contributed by atoms with E-state index in [9.17, 15) is 8.42 Å². The minimum atomic E-state index is -3.69. The van der Waals surface area contributed by atoms with Crippen LogP contribution in [-0.4, -0.2) is 23.4 Å². The van der Waals surface area contributed by atoms with Crippen LogP contribution < -0.4 is 16.2 Å². The van der Waals surface area contributed by atoms with Gasteiger partial charge < -0.3 is 11.1 Å². The lowest BCUT2D eigenvalue weighted by Crippen LogP contribution is -2.12. The molecule has 2 heterocycles. The summed E-state index contributed by atoms with van der Waals surface area (Å²) in [6.45, 7) is 2.29. The van der Waals surface area contributed by atoms with Crippen LogP contribution in [0.1, 0.15) is 11.3 Å². The van der Waals surface area contributed by atoms with Crippen molar-refractivity contribution >= 4 is 45.1 Å². The maximum Gasteiger partial charge on any atom is 0.238 e. The van der Waals surface area contributed by atoms with Crippen molar-refractivity contribution in [1.29, 1.82) is 0 Å². The van der Waals surface area contributed by atoms with Gasteiger partial charge in [0.1, 0.15) is 11.3 Å². The molecule has 0 radical (unpaired) electrons. The molecule has 0 saturated carbocycles. The Hall–Kier alpha value is -2.49. The molecule has 8 nitrogen and oxygen atoms in total. The summed E-state index contributed by atoms with van der Waals surface area (Å²) in [7, 11) is -3.69. The highest BCUT2D eigenvalue weighted by Gasteiger charge is 2.09. The van der Waals surface area contributed by atoms with Crippen molar-refractivity contribution in [2.45, 2.75) is 18.4 Å². The predicted octanol–water partition coefficient (Wildman–Crippen LogP) is 1.60. The van der Waals surface area contributed by atoms with E-state index in [-0.39, 0.29) is 17.3 Å². The van der Waals surface area contributed by atoms with Gasteiger partial charge in [0, 0.05) is 18.8 Å². The van der Waals surface area contributed by atoms with Gasteiger partial charge in [0.15, 0.2) is 5.65 Å². The molecular formula is C15H17ClN6O2S. The van der Waals surface area contributed by atoms with Gasteiger partial charge in [-0.3, -0.25) is 0 Å². The first kappa shape index (κ1) is 18.8. The first-order chi connectivity index (χ1) is 11.3. The molecule has 0 amide bonds. The molecule has 25 heavy (non-hydrogen) atoms. The maximum atomic E-state index is 11.3. The van der Waals surface area contributed by atoms with Crippen molar-refractivity contribution in [2.75, 3.05) is 11.1 Å². The second-order valence-electron chi connectivity index (χ2n) is 5.32. The molecule has 132 valence electrons. The lowest BCUT2D eigenvalue weighted by molar-refractivity contribution is 0.598. The van der Waals surface area contributed by atoms with Crippen LogP contribution in [-0.2, 0) is 16.6 Å². The SMILES string of the molecule is Cc1cnc2c(NCc3ccc(S(N)(=O)=O)cc3)cc(N)nc2n1.Cl. The second kappa shape index (κ2) is 7.18. The van der Waals surface area contributed by atoms with Gasteiger partial charge in [0.05, 0.1) is 16.3 Å². The Morgan fingerprint density at radius 1 is 1.16 bits per heavy atom. The standard InChI is InChI=1S/C15H16N6O2S.ClH/c1-9-7-19-14-12(6-13(16)21-15(14)20-9)18-8-10-2-4-11(5-3-10)24(17,22)23;/h2-7H,8H2,1H3,(H2,17,22,23)(H3,16,18,20,21);1H. The number of anilines is 2. The molecule has 0 unspecified atom stereocenters. The molecule has 0 atom stereocenters. The smallest absolute Gasteiger partial charge is 0.238 e. The number of aryl methyl sites for hydroxylation is 1. The number of hydrogen-bond acceptors (Lipinski definition) is 7. The van der Waals surface area contributed by atoms with Crippen LogP contribution in [0.4, 0.5) is 11.5 Å². The van der Waals surface area contributed by atoms with E-state index in [0.29, 0.717) is 29.2 Å². The Morgan fingerprint density at radius 3 is 2.48 bits per heavy atom. The summed E-state index contributed by atoms with van der Waals surface area (Å²) in [6, 6.07) is 8.00. The number of nitrogens with two attached hydrogens (primary N) is 2. The molecule has 3 aromatic rings. The number of fused-ring (bicyclic) bond motifs is 1. The second-order valence-corrected chi connectivity index (χ2v) is 6.88. The minimum Gasteiger partial charge on any atom is -0.384 e. The molecular weight excluding hydrogens is 364 g/mol. The fourth-order valence-corrected chi connectivity index (χ4v) is 2.75. The number of halogens is 1. The molecule has 0 aliphatic rings. The molecule has 0 saturated heterocycles. The summed E-state index contributed by atoms with van der Waals surface area (Å²) in [6.07, 6.45) is 1.66. The molecule has 0 aliphatic heterocycles. The lowest BCUT2D eigenvalue weighted by atomic mass is 10.2. The highest BCUT2D eigenvalue weighted by Crippen LogP contribution is 2.22. The van der Waals surface area contributed by atoms with Crippen LogP contribution in [0, 0.1) is 6.92 Å². The predicted molar refractivity (Wildman–Crippen MR) is 98.9 cm³/mol. The van der Waals surface area contributed by atoms with Crippen LogP contribution in [0.15, 0.2) is 41.4 Å². The molecule has 0 fully saturated rings. The van der Waals surface area contributed by atoms with E-state index >= 15 is 0 Å². The highest BCUT2D eigenvalue weighted by atomic mass is 35.5. The van der Waals surface area contributed by atoms with Crippen molar-refractivity contribution in [3.63, 3.8) is 0 Å². The van der Waals surface area contributed by atoms with Crippen molar-refractivity contribution < 1.29 is 8.42 Å². The van der Waals surface area contributed by atoms with E-state index in [1.807, 2.05) is 6.92 Å². The zero-order chi connectivity index (χ0) is 17.3. The molecule has 0 aliphatic carbocycles. The highest BCUT2D eigenvalue weighted by molar-refractivity contribution is 7.89. The number of pyridine rings is 1. The quantitative estimate of drug-likeness (QED) is 0.624. The molecule has 2 aromatic heterocycles. The van der Waals surface area contributed by atoms with E-state index in [0.717, 1.165) is 11.3 Å². The number of rotatable bonds is 4. The number of nitrogens with zero attached hydrogens (tertiary/aromatic N) is 3. The van der Waals surface area contributed by atoms with Gasteiger partial charge in [-0.15, -0.1) is 12.4 Å². The van der Waals surface area contributed by atoms with Gasteiger partial charge in [-0.1, -0.05) is 12.1 Å². The molecule has 3 rings (SSSR count). The van der Waals surface area contributed by atoms with Gasteiger partial charge in [0.25, 0.3) is 0 Å². The van der Waals surface area contributed by atoms with Gasteiger partial charge in [-0.05, 0) is 24.6 Å². The molecule has 5 N–H and O–H groups in total. The summed E-state index contributed by atoms with van der Waals surface area (Å²) in [4.78, 5) is 12.9. The first-order valence-electron chi connectivity index (χ1n) is 7.08. The normalized spacial score (nSPS) is 11.1. The molecule has 1 aromatic carbocycles. The number of nitrogens with one attached hydrogen (secondary N) is 1. The molecule has 0 bridgehead atoms. The monoisotopic (exact) mass is 380 g/mol. The lowest BCUT2D eigenvalue weighted by Gasteiger charge is -2.10. The van der Waals surface area contributed by atoms with Gasteiger partial charge >= 0.3 is 0 Å². The number of primary sulfonamides is 1. The van der Waals surface area contributed by atoms with Gasteiger partial charge in [-0.25, -0.2) is 28.5 Å². The first-order valence-corrected chi connectivity index (χ1v) is 8.63. The fraction of sp³-hybridized carbons (Fsp3) is 0.133. The van der Waals surface area contributed by atoms with Crippen LogP contribution in [0.2, 0.25) is 0 Å². The van der Waals surface area contributed by atoms with E-state index < -0.39 is 10.0 Å². The summed E-state index contributed by atoms with van der Waals surface area (Å²) in [5.74, 6) is 0.342. The van der Waals surface area contributed by atoms with Crippen LogP contribution in [0.5, 0.6) is 0 Å². The average molecular weight is 381 g/mol. The van der Waals surface area contributed by atoms with Crippen LogP contribution >= 0.6 is 12.4 Å². The fourth-order valence-electron chi connectivity index (χ4n) is 2.23. The van der Waals surface area contributed by atoms with E-state index in [1.165, 1.54) is 12.1 Å². The van der Waals surface area contributed by atoms with Crippen molar-refractivity contribution in [1.82, 2.24) is 15.0 Å². The minimum absolute atomic E-state index is 0. The zero-order valence-electron chi connectivity index (χ0n) is 13.3. The Kier molecular flexibility index (Phi) is 5.41. The number of nitrogen functional groups attached to an aromatic ring is 1. The van der Waals surface area contributed by atoms with E-state index in [4.69, 9.17) is 10.9 Å². The summed E-state index contributed by atoms with van der Waals surface area (Å²) in [5, 5.41) is 8.30. The largest absolute Gasteiger partial charge is 0.384 e. The summed E-state index contributed by atoms with van der Waals surface area (Å²) in [5.41, 5.74) is 9.25. The Balaban J connectivity index is 0.00000225. The number of aromatic nitrogens is 3. The topological polar surface area (TPSA) is 137 Å². The van der Waals surface area contributed by atoms with Gasteiger partial charge in [-0.2, -0.15) is 0 Å². The van der Waals surface area contributed by atoms with E-state index in [1.54, 1.807) is 24.4 Å². The third-order valence-electron chi connectivity index (χ3n) is 3.39. The third kappa shape index (κ3) is 4.32. The number of benzene rings is 1. The van der Waals surface area contributed by atoms with Crippen molar-refractivity contribution in [3.05, 3.63) is 47.8 Å². The Bertz CT molecular complexity index is 1000. The third-order valence-corrected chi connectivity index (χ3v) is 4.32. The molecule has 0 spiro atoms.